The van der Waals surface area contributed by atoms with E-state index in [1.165, 1.54) is 0 Å². The Morgan fingerprint density at radius 1 is 1.23 bits per heavy atom. The van der Waals surface area contributed by atoms with Gasteiger partial charge in [-0.05, 0) is 50.7 Å². The van der Waals surface area contributed by atoms with E-state index < -0.39 is 14.2 Å². The highest BCUT2D eigenvalue weighted by Gasteiger charge is 2.47. The summed E-state index contributed by atoms with van der Waals surface area (Å²) in [7, 11) is -1.74. The Morgan fingerprint density at radius 3 is 2.14 bits per heavy atom. The van der Waals surface area contributed by atoms with Gasteiger partial charge in [-0.25, -0.2) is 0 Å². The van der Waals surface area contributed by atoms with Gasteiger partial charge in [0.2, 0.25) is 0 Å². The van der Waals surface area contributed by atoms with Crippen molar-refractivity contribution in [2.24, 2.45) is 5.41 Å². The van der Waals surface area contributed by atoms with Crippen molar-refractivity contribution in [2.45, 2.75) is 78.2 Å². The quantitative estimate of drug-likeness (QED) is 0.282. The van der Waals surface area contributed by atoms with Gasteiger partial charge in [0, 0.05) is 0 Å². The standard InChI is InChI=1S/C20H34OSi/c1-10-14-20(22(7,8)9,16-15-19(5,6)11-2)18(21)13-12-17(3)4/h11,13,18,21H,2,15-16H2,1,3-9H3/t18-,20+/m1/s1. The average Bonchev–Trinajstić information content (AvgIpc) is 2.39. The maximum atomic E-state index is 10.9. The van der Waals surface area contributed by atoms with Crippen molar-refractivity contribution in [1.29, 1.82) is 0 Å². The Morgan fingerprint density at radius 2 is 1.77 bits per heavy atom. The van der Waals surface area contributed by atoms with E-state index in [4.69, 9.17) is 0 Å². The molecule has 0 saturated carbocycles. The molecule has 2 atom stereocenters. The third-order valence-corrected chi connectivity index (χ3v) is 7.78. The van der Waals surface area contributed by atoms with E-state index in [1.807, 2.05) is 26.8 Å². The van der Waals surface area contributed by atoms with Crippen LogP contribution in [-0.2, 0) is 0 Å². The van der Waals surface area contributed by atoms with Crippen molar-refractivity contribution in [1.82, 2.24) is 0 Å². The maximum Gasteiger partial charge on any atom is 0.0933 e. The fourth-order valence-corrected chi connectivity index (χ4v) is 4.87. The van der Waals surface area contributed by atoms with Gasteiger partial charge in [0.05, 0.1) is 19.2 Å². The summed E-state index contributed by atoms with van der Waals surface area (Å²) < 4.78 is 0. The van der Waals surface area contributed by atoms with Gasteiger partial charge in [-0.15, -0.1) is 18.2 Å². The van der Waals surface area contributed by atoms with Crippen LogP contribution in [0.15, 0.2) is 30.0 Å². The third-order valence-electron chi connectivity index (χ3n) is 4.44. The summed E-state index contributed by atoms with van der Waals surface area (Å²) in [6.45, 7) is 21.0. The zero-order valence-electron chi connectivity index (χ0n) is 15.8. The zero-order chi connectivity index (χ0) is 17.6. The predicted molar refractivity (Wildman–Crippen MR) is 102 cm³/mol. The van der Waals surface area contributed by atoms with Gasteiger partial charge in [0.1, 0.15) is 0 Å². The van der Waals surface area contributed by atoms with Gasteiger partial charge in [-0.3, -0.25) is 0 Å². The Balaban J connectivity index is 5.88. The lowest BCUT2D eigenvalue weighted by molar-refractivity contribution is 0.172. The Labute approximate surface area is 139 Å². The Bertz CT molecular complexity index is 500. The van der Waals surface area contributed by atoms with Crippen molar-refractivity contribution in [3.05, 3.63) is 30.0 Å². The highest BCUT2D eigenvalue weighted by Crippen LogP contribution is 2.48. The van der Waals surface area contributed by atoms with E-state index in [-0.39, 0.29) is 10.5 Å². The van der Waals surface area contributed by atoms with Crippen LogP contribution in [-0.4, -0.2) is 19.3 Å². The van der Waals surface area contributed by atoms with Crippen molar-refractivity contribution >= 4 is 8.07 Å². The fourth-order valence-electron chi connectivity index (χ4n) is 2.52. The minimum absolute atomic E-state index is 0.0558. The molecule has 0 rings (SSSR count). The summed E-state index contributed by atoms with van der Waals surface area (Å²) in [4.78, 5) is 0. The van der Waals surface area contributed by atoms with E-state index in [2.05, 4.69) is 57.6 Å². The molecule has 0 aromatic heterocycles. The molecular weight excluding hydrogens is 284 g/mol. The number of aliphatic hydroxyl groups excluding tert-OH is 1. The molecule has 0 amide bonds. The topological polar surface area (TPSA) is 20.2 Å². The van der Waals surface area contributed by atoms with Crippen LogP contribution in [0, 0.1) is 17.3 Å². The van der Waals surface area contributed by atoms with Gasteiger partial charge >= 0.3 is 0 Å². The smallest absolute Gasteiger partial charge is 0.0933 e. The molecule has 22 heavy (non-hydrogen) atoms. The molecule has 0 radical (unpaired) electrons. The SMILES string of the molecule is C=CC(C)(C)CC[C@@](C#CC)([C@H](O)C=C=C(C)C)[Si](C)(C)C. The second kappa shape index (κ2) is 8.02. The van der Waals surface area contributed by atoms with Gasteiger partial charge in [-0.2, -0.15) is 0 Å². The van der Waals surface area contributed by atoms with Crippen LogP contribution in [0.1, 0.15) is 47.5 Å². The lowest BCUT2D eigenvalue weighted by Crippen LogP contribution is -2.46. The summed E-state index contributed by atoms with van der Waals surface area (Å²) >= 11 is 0. The second-order valence-corrected chi connectivity index (χ2v) is 13.4. The first-order valence-electron chi connectivity index (χ1n) is 8.07. The van der Waals surface area contributed by atoms with E-state index in [0.717, 1.165) is 18.4 Å². The minimum Gasteiger partial charge on any atom is -0.387 e. The molecule has 2 heteroatoms. The van der Waals surface area contributed by atoms with Crippen LogP contribution < -0.4 is 0 Å². The van der Waals surface area contributed by atoms with Crippen molar-refractivity contribution in [3.63, 3.8) is 0 Å². The molecule has 0 bridgehead atoms. The lowest BCUT2D eigenvalue weighted by Gasteiger charge is -2.43. The molecule has 0 spiro atoms. The zero-order valence-corrected chi connectivity index (χ0v) is 16.8. The lowest BCUT2D eigenvalue weighted by atomic mass is 9.83. The van der Waals surface area contributed by atoms with Crippen molar-refractivity contribution in [3.8, 4) is 11.8 Å². The normalized spacial score (nSPS) is 15.7. The first kappa shape index (κ1) is 21.0. The second-order valence-electron chi connectivity index (χ2n) is 8.04. The minimum atomic E-state index is -1.74. The number of hydrogen-bond acceptors (Lipinski definition) is 1. The van der Waals surface area contributed by atoms with Crippen molar-refractivity contribution < 1.29 is 5.11 Å². The maximum absolute atomic E-state index is 10.9. The molecule has 0 saturated heterocycles. The van der Waals surface area contributed by atoms with Crippen LogP contribution in [0.5, 0.6) is 0 Å². The highest BCUT2D eigenvalue weighted by atomic mass is 28.3. The summed E-state index contributed by atoms with van der Waals surface area (Å²) in [6.07, 6.45) is 5.07. The highest BCUT2D eigenvalue weighted by molar-refractivity contribution is 6.80. The van der Waals surface area contributed by atoms with Gasteiger partial charge in [0.25, 0.3) is 0 Å². The average molecular weight is 319 g/mol. The van der Waals surface area contributed by atoms with Crippen LogP contribution in [0.4, 0.5) is 0 Å². The van der Waals surface area contributed by atoms with Gasteiger partial charge in [0.15, 0.2) is 0 Å². The fraction of sp³-hybridized carbons (Fsp3) is 0.650. The van der Waals surface area contributed by atoms with E-state index in [9.17, 15) is 5.11 Å². The monoisotopic (exact) mass is 318 g/mol. The van der Waals surface area contributed by atoms with E-state index >= 15 is 0 Å². The number of rotatable bonds is 7. The molecular formula is C20H34OSi. The molecule has 0 unspecified atom stereocenters. The van der Waals surface area contributed by atoms with Crippen molar-refractivity contribution in [2.75, 3.05) is 0 Å². The largest absolute Gasteiger partial charge is 0.387 e. The Hall–Kier alpha value is -1.00. The molecule has 0 aromatic carbocycles. The molecule has 0 heterocycles. The van der Waals surface area contributed by atoms with Crippen LogP contribution >= 0.6 is 0 Å². The van der Waals surface area contributed by atoms with Crippen LogP contribution in [0.3, 0.4) is 0 Å². The molecule has 0 aliphatic rings. The summed E-state index contributed by atoms with van der Waals surface area (Å²) in [5.41, 5.74) is 4.29. The Kier molecular flexibility index (Phi) is 7.65. The van der Waals surface area contributed by atoms with E-state index in [0.29, 0.717) is 0 Å². The molecule has 0 aliphatic carbocycles. The number of hydrogen-bond donors (Lipinski definition) is 1. The van der Waals surface area contributed by atoms with Gasteiger partial charge in [-0.1, -0.05) is 45.5 Å². The number of aliphatic hydroxyl groups is 1. The summed E-state index contributed by atoms with van der Waals surface area (Å²) in [5, 5.41) is 10.6. The third kappa shape index (κ3) is 5.65. The van der Waals surface area contributed by atoms with Crippen LogP contribution in [0.2, 0.25) is 24.7 Å². The first-order valence-corrected chi connectivity index (χ1v) is 11.6. The molecule has 0 fully saturated rings. The summed E-state index contributed by atoms with van der Waals surface area (Å²) in [6, 6.07) is 0. The number of allylic oxidation sites excluding steroid dienone is 1. The molecule has 1 nitrogen and oxygen atoms in total. The molecule has 1 N–H and O–H groups in total. The molecule has 0 aliphatic heterocycles. The van der Waals surface area contributed by atoms with E-state index in [1.54, 1.807) is 6.08 Å². The van der Waals surface area contributed by atoms with Gasteiger partial charge < -0.3 is 5.11 Å². The van der Waals surface area contributed by atoms with Crippen LogP contribution in [0.25, 0.3) is 0 Å². The predicted octanol–water partition coefficient (Wildman–Crippen LogP) is 5.56. The molecule has 0 aromatic rings. The summed E-state index contributed by atoms with van der Waals surface area (Å²) in [5.74, 6) is 6.49. The molecule has 124 valence electrons. The first-order chi connectivity index (χ1) is 9.92.